The summed E-state index contributed by atoms with van der Waals surface area (Å²) >= 11 is 0. The number of amides is 1. The minimum Gasteiger partial charge on any atom is -0.477 e. The lowest BCUT2D eigenvalue weighted by atomic mass is 10.0. The molecule has 0 aliphatic heterocycles. The van der Waals surface area contributed by atoms with Gasteiger partial charge < -0.3 is 14.4 Å². The fourth-order valence-electron chi connectivity index (χ4n) is 2.19. The second-order valence-electron chi connectivity index (χ2n) is 4.96. The van der Waals surface area contributed by atoms with Crippen LogP contribution < -0.4 is 9.47 Å². The van der Waals surface area contributed by atoms with Crippen molar-refractivity contribution < 1.29 is 19.2 Å². The normalized spacial score (nSPS) is 10.5. The summed E-state index contributed by atoms with van der Waals surface area (Å²) in [4.78, 5) is 32.9. The van der Waals surface area contributed by atoms with Crippen LogP contribution in [-0.2, 0) is 0 Å². The molecule has 9 heteroatoms. The SMILES string of the molecule is COc1nc2cc([N+](=O)[O-])c(C)c(C(=O)N(C)C)c2nc1OC. The van der Waals surface area contributed by atoms with E-state index in [1.165, 1.54) is 32.1 Å². The first kappa shape index (κ1) is 16.4. The second kappa shape index (κ2) is 6.03. The van der Waals surface area contributed by atoms with Gasteiger partial charge in [0.15, 0.2) is 0 Å². The molecule has 0 aliphatic rings. The van der Waals surface area contributed by atoms with Gasteiger partial charge in [0.1, 0.15) is 11.0 Å². The van der Waals surface area contributed by atoms with E-state index in [1.54, 1.807) is 14.1 Å². The molecule has 0 saturated heterocycles. The van der Waals surface area contributed by atoms with E-state index in [4.69, 9.17) is 9.47 Å². The van der Waals surface area contributed by atoms with Crippen molar-refractivity contribution in [3.63, 3.8) is 0 Å². The number of nitrogens with zero attached hydrogens (tertiary/aromatic N) is 4. The largest absolute Gasteiger partial charge is 0.477 e. The van der Waals surface area contributed by atoms with Gasteiger partial charge in [0.2, 0.25) is 0 Å². The van der Waals surface area contributed by atoms with Crippen LogP contribution in [0.15, 0.2) is 6.07 Å². The Morgan fingerprint density at radius 1 is 1.22 bits per heavy atom. The Balaban J connectivity index is 2.95. The molecule has 1 amide bonds. The van der Waals surface area contributed by atoms with Crippen molar-refractivity contribution in [1.29, 1.82) is 0 Å². The molecular formula is C14H16N4O5. The number of carbonyl (C=O) groups excluding carboxylic acids is 1. The number of hydrogen-bond donors (Lipinski definition) is 0. The first-order chi connectivity index (χ1) is 10.8. The number of carbonyl (C=O) groups is 1. The number of benzene rings is 1. The van der Waals surface area contributed by atoms with Crippen molar-refractivity contribution >= 4 is 22.6 Å². The van der Waals surface area contributed by atoms with E-state index < -0.39 is 10.8 Å². The van der Waals surface area contributed by atoms with E-state index in [-0.39, 0.29) is 39.6 Å². The zero-order chi connectivity index (χ0) is 17.3. The Bertz CT molecular complexity index is 804. The van der Waals surface area contributed by atoms with Crippen LogP contribution in [0.3, 0.4) is 0 Å². The number of nitro groups is 1. The maximum atomic E-state index is 12.5. The van der Waals surface area contributed by atoms with Crippen molar-refractivity contribution in [3.8, 4) is 11.8 Å². The molecule has 0 atom stereocenters. The number of nitro benzene ring substituents is 1. The van der Waals surface area contributed by atoms with Crippen molar-refractivity contribution in [2.45, 2.75) is 6.92 Å². The van der Waals surface area contributed by atoms with Crippen molar-refractivity contribution in [2.75, 3.05) is 28.3 Å². The van der Waals surface area contributed by atoms with Gasteiger partial charge in [-0.25, -0.2) is 9.97 Å². The summed E-state index contributed by atoms with van der Waals surface area (Å²) in [6.07, 6.45) is 0. The number of methoxy groups -OCH3 is 2. The molecule has 1 aromatic carbocycles. The minimum atomic E-state index is -0.556. The lowest BCUT2D eigenvalue weighted by Gasteiger charge is -2.15. The summed E-state index contributed by atoms with van der Waals surface area (Å²) in [7, 11) is 5.89. The van der Waals surface area contributed by atoms with Crippen LogP contribution >= 0.6 is 0 Å². The summed E-state index contributed by atoms with van der Waals surface area (Å²) in [5, 5.41) is 11.3. The molecule has 2 aromatic rings. The number of aromatic nitrogens is 2. The van der Waals surface area contributed by atoms with Crippen LogP contribution in [0.4, 0.5) is 5.69 Å². The Labute approximate surface area is 132 Å². The third kappa shape index (κ3) is 2.72. The third-order valence-electron chi connectivity index (χ3n) is 3.33. The fraction of sp³-hybridized carbons (Fsp3) is 0.357. The van der Waals surface area contributed by atoms with E-state index in [1.807, 2.05) is 0 Å². The average molecular weight is 320 g/mol. The fourth-order valence-corrected chi connectivity index (χ4v) is 2.19. The van der Waals surface area contributed by atoms with E-state index in [2.05, 4.69) is 9.97 Å². The summed E-state index contributed by atoms with van der Waals surface area (Å²) in [6, 6.07) is 1.27. The quantitative estimate of drug-likeness (QED) is 0.621. The van der Waals surface area contributed by atoms with Crippen LogP contribution in [0, 0.1) is 17.0 Å². The van der Waals surface area contributed by atoms with Gasteiger partial charge in [-0.15, -0.1) is 0 Å². The molecule has 1 heterocycles. The first-order valence-corrected chi connectivity index (χ1v) is 6.61. The summed E-state index contributed by atoms with van der Waals surface area (Å²) in [5.41, 5.74) is 0.550. The molecule has 0 bridgehead atoms. The Kier molecular flexibility index (Phi) is 4.30. The summed E-state index contributed by atoms with van der Waals surface area (Å²) in [6.45, 7) is 1.51. The zero-order valence-electron chi connectivity index (χ0n) is 13.4. The van der Waals surface area contributed by atoms with E-state index in [9.17, 15) is 14.9 Å². The predicted octanol–water partition coefficient (Wildman–Crippen LogP) is 1.57. The molecule has 0 radical (unpaired) electrons. The first-order valence-electron chi connectivity index (χ1n) is 6.61. The lowest BCUT2D eigenvalue weighted by Crippen LogP contribution is -2.23. The molecule has 0 unspecified atom stereocenters. The van der Waals surface area contributed by atoms with Crippen molar-refractivity contribution in [1.82, 2.24) is 14.9 Å². The molecule has 1 aromatic heterocycles. The highest BCUT2D eigenvalue weighted by Gasteiger charge is 2.26. The molecule has 9 nitrogen and oxygen atoms in total. The van der Waals surface area contributed by atoms with Gasteiger partial charge in [0.25, 0.3) is 23.4 Å². The van der Waals surface area contributed by atoms with E-state index >= 15 is 0 Å². The standard InChI is InChI=1S/C14H16N4O5/c1-7-9(18(20)21)6-8-11(10(7)14(19)17(2)3)16-13(23-5)12(15-8)22-4/h6H,1-5H3. The lowest BCUT2D eigenvalue weighted by molar-refractivity contribution is -0.385. The van der Waals surface area contributed by atoms with Crippen LogP contribution in [-0.4, -0.2) is 54.0 Å². The van der Waals surface area contributed by atoms with Crippen molar-refractivity contribution in [2.24, 2.45) is 0 Å². The highest BCUT2D eigenvalue weighted by atomic mass is 16.6. The molecule has 122 valence electrons. The molecule has 0 spiro atoms. The number of rotatable bonds is 4. The average Bonchev–Trinajstić information content (AvgIpc) is 2.52. The maximum Gasteiger partial charge on any atom is 0.278 e. The molecule has 0 fully saturated rings. The Morgan fingerprint density at radius 3 is 2.26 bits per heavy atom. The van der Waals surface area contributed by atoms with Gasteiger partial charge >= 0.3 is 0 Å². The molecular weight excluding hydrogens is 304 g/mol. The molecule has 0 aliphatic carbocycles. The van der Waals surface area contributed by atoms with Gasteiger partial charge in [-0.2, -0.15) is 0 Å². The highest BCUT2D eigenvalue weighted by Crippen LogP contribution is 2.33. The Hall–Kier alpha value is -2.97. The van der Waals surface area contributed by atoms with Gasteiger partial charge in [0, 0.05) is 25.7 Å². The molecule has 23 heavy (non-hydrogen) atoms. The highest BCUT2D eigenvalue weighted by molar-refractivity contribution is 6.07. The van der Waals surface area contributed by atoms with E-state index in [0.717, 1.165) is 0 Å². The van der Waals surface area contributed by atoms with E-state index in [0.29, 0.717) is 0 Å². The van der Waals surface area contributed by atoms with Crippen LogP contribution in [0.1, 0.15) is 15.9 Å². The van der Waals surface area contributed by atoms with Crippen LogP contribution in [0.5, 0.6) is 11.8 Å². The topological polar surface area (TPSA) is 108 Å². The molecule has 0 saturated carbocycles. The smallest absolute Gasteiger partial charge is 0.278 e. The Morgan fingerprint density at radius 2 is 1.78 bits per heavy atom. The third-order valence-corrected chi connectivity index (χ3v) is 3.33. The van der Waals surface area contributed by atoms with Gasteiger partial charge in [-0.1, -0.05) is 0 Å². The monoisotopic (exact) mass is 320 g/mol. The van der Waals surface area contributed by atoms with Gasteiger partial charge in [-0.3, -0.25) is 14.9 Å². The molecule has 2 rings (SSSR count). The number of ether oxygens (including phenoxy) is 2. The summed E-state index contributed by atoms with van der Waals surface area (Å²) < 4.78 is 10.2. The summed E-state index contributed by atoms with van der Waals surface area (Å²) in [5.74, 6) is -0.222. The number of fused-ring (bicyclic) bond motifs is 1. The zero-order valence-corrected chi connectivity index (χ0v) is 13.4. The second-order valence-corrected chi connectivity index (χ2v) is 4.96. The van der Waals surface area contributed by atoms with Crippen LogP contribution in [0.25, 0.3) is 11.0 Å². The van der Waals surface area contributed by atoms with Gasteiger partial charge in [0.05, 0.1) is 24.7 Å². The van der Waals surface area contributed by atoms with Crippen molar-refractivity contribution in [3.05, 3.63) is 27.3 Å². The minimum absolute atomic E-state index is 0.0846. The van der Waals surface area contributed by atoms with Gasteiger partial charge in [-0.05, 0) is 6.92 Å². The van der Waals surface area contributed by atoms with Crippen LogP contribution in [0.2, 0.25) is 0 Å². The molecule has 0 N–H and O–H groups in total. The number of hydrogen-bond acceptors (Lipinski definition) is 7. The maximum absolute atomic E-state index is 12.5. The predicted molar refractivity (Wildman–Crippen MR) is 82.1 cm³/mol.